The molecule has 0 aliphatic rings. The lowest BCUT2D eigenvalue weighted by atomic mass is 10.0. The number of para-hydroxylation sites is 4. The normalized spacial score (nSPS) is 11.9. The highest BCUT2D eigenvalue weighted by Gasteiger charge is 2.27. The average Bonchev–Trinajstić information content (AvgIpc) is 3.97. The highest BCUT2D eigenvalue weighted by Crippen LogP contribution is 2.51. The largest absolute Gasteiger partial charge is 0.456 e. The number of hydrogen-bond acceptors (Lipinski definition) is 5. The molecule has 12 rings (SSSR count). The molecule has 0 unspecified atom stereocenters. The Morgan fingerprint density at radius 1 is 0.281 bits per heavy atom. The molecular weight excluding hydrogens is 701 g/mol. The molecule has 5 heteroatoms. The van der Waals surface area contributed by atoms with Gasteiger partial charge >= 0.3 is 0 Å². The third kappa shape index (κ3) is 4.82. The summed E-state index contributed by atoms with van der Waals surface area (Å²) in [4.78, 5) is 4.68. The van der Waals surface area contributed by atoms with E-state index in [2.05, 4.69) is 174 Å². The van der Waals surface area contributed by atoms with Crippen LogP contribution >= 0.6 is 0 Å². The van der Waals surface area contributed by atoms with Gasteiger partial charge in [0.15, 0.2) is 5.58 Å². The van der Waals surface area contributed by atoms with Gasteiger partial charge < -0.3 is 23.1 Å². The fourth-order valence-electron chi connectivity index (χ4n) is 8.74. The van der Waals surface area contributed by atoms with Crippen molar-refractivity contribution in [1.29, 1.82) is 0 Å². The number of rotatable bonds is 6. The second-order valence-electron chi connectivity index (χ2n) is 14.4. The molecule has 5 nitrogen and oxygen atoms in total. The summed E-state index contributed by atoms with van der Waals surface area (Å²) in [5.74, 6) is 0. The van der Waals surface area contributed by atoms with Crippen LogP contribution in [0, 0.1) is 0 Å². The van der Waals surface area contributed by atoms with Crippen LogP contribution in [0.3, 0.4) is 0 Å². The molecule has 9 aromatic carbocycles. The molecule has 0 atom stereocenters. The van der Waals surface area contributed by atoms with Crippen LogP contribution < -0.4 is 9.80 Å². The van der Waals surface area contributed by atoms with E-state index in [-0.39, 0.29) is 0 Å². The van der Waals surface area contributed by atoms with Gasteiger partial charge in [-0.15, -0.1) is 0 Å². The second-order valence-corrected chi connectivity index (χ2v) is 14.4. The predicted octanol–water partition coefficient (Wildman–Crippen LogP) is 15.5. The van der Waals surface area contributed by atoms with Gasteiger partial charge in [0.2, 0.25) is 0 Å². The topological polar surface area (TPSA) is 45.9 Å². The lowest BCUT2D eigenvalue weighted by Crippen LogP contribution is -2.14. The fraction of sp³-hybridized carbons (Fsp3) is 0. The van der Waals surface area contributed by atoms with E-state index in [1.807, 2.05) is 30.3 Å². The van der Waals surface area contributed by atoms with Gasteiger partial charge in [-0.05, 0) is 84.2 Å². The third-order valence-corrected chi connectivity index (χ3v) is 11.2. The Bertz CT molecular complexity index is 3490. The highest BCUT2D eigenvalue weighted by atomic mass is 16.3. The first kappa shape index (κ1) is 31.6. The molecule has 0 radical (unpaired) electrons. The summed E-state index contributed by atoms with van der Waals surface area (Å²) in [7, 11) is 0. The van der Waals surface area contributed by atoms with E-state index in [0.29, 0.717) is 0 Å². The maximum Gasteiger partial charge on any atom is 0.159 e. The zero-order valence-corrected chi connectivity index (χ0v) is 30.6. The van der Waals surface area contributed by atoms with E-state index < -0.39 is 0 Å². The molecule has 0 fully saturated rings. The Balaban J connectivity index is 1.24. The first-order valence-corrected chi connectivity index (χ1v) is 19.2. The summed E-state index contributed by atoms with van der Waals surface area (Å²) in [6.07, 6.45) is 0. The summed E-state index contributed by atoms with van der Waals surface area (Å²) in [6.45, 7) is 0. The first-order valence-electron chi connectivity index (χ1n) is 19.2. The van der Waals surface area contributed by atoms with Gasteiger partial charge in [0.05, 0.1) is 27.8 Å². The molecule has 0 aliphatic heterocycles. The number of furan rings is 3. The van der Waals surface area contributed by atoms with E-state index in [0.717, 1.165) is 111 Å². The van der Waals surface area contributed by atoms with Crippen LogP contribution in [0.5, 0.6) is 0 Å². The molecule has 12 aromatic rings. The zero-order valence-electron chi connectivity index (χ0n) is 30.6. The monoisotopic (exact) mass is 732 g/mol. The second kappa shape index (κ2) is 12.4. The van der Waals surface area contributed by atoms with Crippen molar-refractivity contribution < 1.29 is 13.3 Å². The highest BCUT2D eigenvalue weighted by molar-refractivity contribution is 6.21. The van der Waals surface area contributed by atoms with Crippen molar-refractivity contribution in [2.45, 2.75) is 0 Å². The summed E-state index contributed by atoms with van der Waals surface area (Å²) in [5, 5.41) is 8.46. The average molecular weight is 733 g/mol. The predicted molar refractivity (Wildman–Crippen MR) is 235 cm³/mol. The van der Waals surface area contributed by atoms with Crippen molar-refractivity contribution in [2.24, 2.45) is 0 Å². The van der Waals surface area contributed by atoms with Crippen LogP contribution in [0.25, 0.3) is 76.6 Å². The Morgan fingerprint density at radius 2 is 0.807 bits per heavy atom. The summed E-state index contributed by atoms with van der Waals surface area (Å²) in [6, 6.07) is 67.7. The molecular formula is C52H32N2O3. The molecule has 0 saturated heterocycles. The van der Waals surface area contributed by atoms with Crippen molar-refractivity contribution in [2.75, 3.05) is 9.80 Å². The van der Waals surface area contributed by atoms with Crippen LogP contribution in [-0.4, -0.2) is 0 Å². The molecule has 0 spiro atoms. The molecule has 57 heavy (non-hydrogen) atoms. The SMILES string of the molecule is c1ccc(N(c2cc(N(c3ccccc3)c3cccc4oc5ccccc5c34)c3oc4c5ccccc5ccc4c3c2)c2cccc3oc4ccccc4c23)cc1. The lowest BCUT2D eigenvalue weighted by molar-refractivity contribution is 0.668. The molecule has 0 amide bonds. The van der Waals surface area contributed by atoms with Gasteiger partial charge in [-0.25, -0.2) is 0 Å². The zero-order chi connectivity index (χ0) is 37.5. The summed E-state index contributed by atoms with van der Waals surface area (Å²) < 4.78 is 20.1. The standard InChI is InChI=1S/C52H32N2O3/c1-3-16-34(17-4-1)53(42-23-13-27-47-49(42)39-21-9-11-25-45(39)55-47)36-31-41-38-30-29-33-15-7-8-20-37(33)51(38)57-52(41)44(32-36)54(35-18-5-2-6-19-35)43-24-14-28-48-50(43)40-22-10-12-26-46(40)56-48/h1-32H. The van der Waals surface area contributed by atoms with Crippen LogP contribution in [0.2, 0.25) is 0 Å². The smallest absolute Gasteiger partial charge is 0.159 e. The van der Waals surface area contributed by atoms with Crippen molar-refractivity contribution in [3.8, 4) is 0 Å². The maximum atomic E-state index is 7.16. The van der Waals surface area contributed by atoms with Gasteiger partial charge in [0, 0.05) is 44.0 Å². The molecule has 0 aliphatic carbocycles. The van der Waals surface area contributed by atoms with Crippen LogP contribution in [0.15, 0.2) is 207 Å². The minimum absolute atomic E-state index is 0.791. The lowest BCUT2D eigenvalue weighted by Gasteiger charge is -2.30. The van der Waals surface area contributed by atoms with Crippen molar-refractivity contribution >= 4 is 111 Å². The Hall–Kier alpha value is -7.76. The van der Waals surface area contributed by atoms with Gasteiger partial charge in [-0.3, -0.25) is 0 Å². The van der Waals surface area contributed by atoms with Crippen LogP contribution in [0.1, 0.15) is 0 Å². The van der Waals surface area contributed by atoms with Gasteiger partial charge in [-0.2, -0.15) is 0 Å². The molecule has 0 N–H and O–H groups in total. The quantitative estimate of drug-likeness (QED) is 0.170. The number of benzene rings is 9. The van der Waals surface area contributed by atoms with Crippen LogP contribution in [-0.2, 0) is 0 Å². The fourth-order valence-corrected chi connectivity index (χ4v) is 8.74. The minimum atomic E-state index is 0.791. The molecule has 0 saturated carbocycles. The number of nitrogens with zero attached hydrogens (tertiary/aromatic N) is 2. The Labute approximate surface area is 326 Å². The summed E-state index contributed by atoms with van der Waals surface area (Å²) in [5.41, 5.74) is 10.9. The molecule has 3 heterocycles. The Morgan fingerprint density at radius 3 is 1.46 bits per heavy atom. The van der Waals surface area contributed by atoms with Gasteiger partial charge in [0.1, 0.15) is 27.9 Å². The summed E-state index contributed by atoms with van der Waals surface area (Å²) >= 11 is 0. The molecule has 0 bridgehead atoms. The number of anilines is 6. The van der Waals surface area contributed by atoms with Crippen molar-refractivity contribution in [3.63, 3.8) is 0 Å². The third-order valence-electron chi connectivity index (χ3n) is 11.2. The van der Waals surface area contributed by atoms with E-state index >= 15 is 0 Å². The van der Waals surface area contributed by atoms with E-state index in [1.54, 1.807) is 0 Å². The van der Waals surface area contributed by atoms with E-state index in [4.69, 9.17) is 13.3 Å². The molecule has 268 valence electrons. The van der Waals surface area contributed by atoms with Gasteiger partial charge in [-0.1, -0.05) is 115 Å². The number of fused-ring (bicyclic) bond motifs is 11. The van der Waals surface area contributed by atoms with Crippen molar-refractivity contribution in [1.82, 2.24) is 0 Å². The van der Waals surface area contributed by atoms with E-state index in [9.17, 15) is 0 Å². The Kier molecular flexibility index (Phi) is 6.86. The van der Waals surface area contributed by atoms with Crippen molar-refractivity contribution in [3.05, 3.63) is 194 Å². The van der Waals surface area contributed by atoms with Crippen LogP contribution in [0.4, 0.5) is 34.1 Å². The maximum absolute atomic E-state index is 7.16. The molecule has 3 aromatic heterocycles. The first-order chi connectivity index (χ1) is 28.3. The van der Waals surface area contributed by atoms with E-state index in [1.165, 1.54) is 0 Å². The number of hydrogen-bond donors (Lipinski definition) is 0. The van der Waals surface area contributed by atoms with Gasteiger partial charge in [0.25, 0.3) is 0 Å². The minimum Gasteiger partial charge on any atom is -0.456 e.